The van der Waals surface area contributed by atoms with Crippen LogP contribution in [-0.2, 0) is 0 Å². The minimum atomic E-state index is -0.295. The standard InChI is InChI=1S/C21H19FN8/c1-13(14-3-5-15(22)6-4-14)19-16(28-21-26-7-2-8-27-21)11-17(30-20(19)23)29-18-12-24-9-10-25-18/h2-13H,1H3,(H4,23,25,26,27,28,29,30). The number of aromatic nitrogens is 5. The Balaban J connectivity index is 1.76. The Labute approximate surface area is 172 Å². The monoisotopic (exact) mass is 402 g/mol. The summed E-state index contributed by atoms with van der Waals surface area (Å²) >= 11 is 0. The van der Waals surface area contributed by atoms with Crippen molar-refractivity contribution in [2.45, 2.75) is 12.8 Å². The number of anilines is 5. The maximum atomic E-state index is 13.4. The summed E-state index contributed by atoms with van der Waals surface area (Å²) in [6.45, 7) is 1.98. The molecule has 8 nitrogen and oxygen atoms in total. The van der Waals surface area contributed by atoms with Crippen molar-refractivity contribution in [1.29, 1.82) is 0 Å². The molecule has 3 aromatic heterocycles. The van der Waals surface area contributed by atoms with Gasteiger partial charge in [-0.15, -0.1) is 0 Å². The van der Waals surface area contributed by atoms with Crippen LogP contribution in [-0.4, -0.2) is 24.9 Å². The van der Waals surface area contributed by atoms with E-state index in [9.17, 15) is 4.39 Å². The van der Waals surface area contributed by atoms with Gasteiger partial charge in [-0.3, -0.25) is 4.98 Å². The molecule has 1 unspecified atom stereocenters. The number of halogens is 1. The van der Waals surface area contributed by atoms with Crippen LogP contribution in [0.3, 0.4) is 0 Å². The van der Waals surface area contributed by atoms with Crippen LogP contribution >= 0.6 is 0 Å². The highest BCUT2D eigenvalue weighted by Gasteiger charge is 2.20. The number of benzene rings is 1. The number of pyridine rings is 1. The molecule has 0 saturated heterocycles. The SMILES string of the molecule is CC(c1ccc(F)cc1)c1c(Nc2ncccn2)cc(Nc2cnccn2)nc1N. The van der Waals surface area contributed by atoms with E-state index in [0.29, 0.717) is 29.1 Å². The lowest BCUT2D eigenvalue weighted by Gasteiger charge is -2.20. The maximum Gasteiger partial charge on any atom is 0.227 e. The van der Waals surface area contributed by atoms with Gasteiger partial charge in [0.25, 0.3) is 0 Å². The Morgan fingerprint density at radius 2 is 1.70 bits per heavy atom. The van der Waals surface area contributed by atoms with E-state index in [4.69, 9.17) is 5.73 Å². The number of hydrogen-bond donors (Lipinski definition) is 3. The van der Waals surface area contributed by atoms with Gasteiger partial charge in [0.05, 0.1) is 11.9 Å². The highest BCUT2D eigenvalue weighted by Crippen LogP contribution is 2.36. The van der Waals surface area contributed by atoms with Crippen molar-refractivity contribution in [3.8, 4) is 0 Å². The van der Waals surface area contributed by atoms with Gasteiger partial charge < -0.3 is 16.4 Å². The molecule has 0 aliphatic heterocycles. The van der Waals surface area contributed by atoms with Crippen LogP contribution < -0.4 is 16.4 Å². The van der Waals surface area contributed by atoms with Crippen LogP contribution in [0.2, 0.25) is 0 Å². The third-order valence-electron chi connectivity index (χ3n) is 4.52. The van der Waals surface area contributed by atoms with Gasteiger partial charge in [-0.2, -0.15) is 0 Å². The van der Waals surface area contributed by atoms with Crippen molar-refractivity contribution in [3.05, 3.63) is 84.3 Å². The molecule has 30 heavy (non-hydrogen) atoms. The van der Waals surface area contributed by atoms with Gasteiger partial charge in [-0.05, 0) is 23.8 Å². The van der Waals surface area contributed by atoms with Gasteiger partial charge in [0.2, 0.25) is 5.95 Å². The van der Waals surface area contributed by atoms with Crippen molar-refractivity contribution >= 4 is 29.1 Å². The average Bonchev–Trinajstić information content (AvgIpc) is 2.75. The van der Waals surface area contributed by atoms with Crippen molar-refractivity contribution in [2.24, 2.45) is 0 Å². The zero-order valence-electron chi connectivity index (χ0n) is 16.1. The second-order valence-electron chi connectivity index (χ2n) is 6.54. The number of nitrogens with two attached hydrogens (primary N) is 1. The fourth-order valence-electron chi connectivity index (χ4n) is 3.09. The highest BCUT2D eigenvalue weighted by molar-refractivity contribution is 5.72. The fraction of sp³-hybridized carbons (Fsp3) is 0.0952. The molecule has 1 aromatic carbocycles. The molecule has 0 aliphatic carbocycles. The predicted molar refractivity (Wildman–Crippen MR) is 113 cm³/mol. The summed E-state index contributed by atoms with van der Waals surface area (Å²) in [5, 5.41) is 6.30. The van der Waals surface area contributed by atoms with Gasteiger partial charge in [-0.25, -0.2) is 24.3 Å². The number of nitrogen functional groups attached to an aromatic ring is 1. The molecule has 0 amide bonds. The van der Waals surface area contributed by atoms with Crippen LogP contribution in [0.15, 0.2) is 67.4 Å². The summed E-state index contributed by atoms with van der Waals surface area (Å²) < 4.78 is 13.4. The molecular formula is C21H19FN8. The zero-order valence-corrected chi connectivity index (χ0v) is 16.1. The quantitative estimate of drug-likeness (QED) is 0.443. The minimum absolute atomic E-state index is 0.158. The molecule has 3 heterocycles. The Kier molecular flexibility index (Phi) is 5.42. The van der Waals surface area contributed by atoms with E-state index in [1.807, 2.05) is 6.92 Å². The van der Waals surface area contributed by atoms with E-state index >= 15 is 0 Å². The lowest BCUT2D eigenvalue weighted by Crippen LogP contribution is -2.10. The fourth-order valence-corrected chi connectivity index (χ4v) is 3.09. The minimum Gasteiger partial charge on any atom is -0.383 e. The molecule has 0 fully saturated rings. The van der Waals surface area contributed by atoms with Crippen LogP contribution in [0.5, 0.6) is 0 Å². The molecule has 0 aliphatic rings. The molecular weight excluding hydrogens is 383 g/mol. The summed E-state index contributed by atoms with van der Waals surface area (Å²) in [6.07, 6.45) is 8.03. The first-order chi connectivity index (χ1) is 14.6. The molecule has 0 saturated carbocycles. The molecule has 4 aromatic rings. The normalized spacial score (nSPS) is 11.7. The number of nitrogens with one attached hydrogen (secondary N) is 2. The van der Waals surface area contributed by atoms with E-state index in [2.05, 4.69) is 35.6 Å². The summed E-state index contributed by atoms with van der Waals surface area (Å²) in [6, 6.07) is 9.84. The molecule has 9 heteroatoms. The first-order valence-electron chi connectivity index (χ1n) is 9.23. The van der Waals surface area contributed by atoms with Crippen molar-refractivity contribution in [3.63, 3.8) is 0 Å². The summed E-state index contributed by atoms with van der Waals surface area (Å²) in [5.74, 6) is 1.30. The Hall–Kier alpha value is -4.14. The van der Waals surface area contributed by atoms with E-state index in [-0.39, 0.29) is 11.7 Å². The van der Waals surface area contributed by atoms with Crippen LogP contribution in [0.4, 0.5) is 33.5 Å². The van der Waals surface area contributed by atoms with Crippen LogP contribution in [0.25, 0.3) is 0 Å². The van der Waals surface area contributed by atoms with Crippen molar-refractivity contribution in [2.75, 3.05) is 16.4 Å². The smallest absolute Gasteiger partial charge is 0.227 e. The second kappa shape index (κ2) is 8.48. The zero-order chi connectivity index (χ0) is 20.9. The highest BCUT2D eigenvalue weighted by atomic mass is 19.1. The van der Waals surface area contributed by atoms with E-state index in [0.717, 1.165) is 11.1 Å². The molecule has 4 rings (SSSR count). The Morgan fingerprint density at radius 1 is 0.933 bits per heavy atom. The molecule has 0 radical (unpaired) electrons. The van der Waals surface area contributed by atoms with Crippen LogP contribution in [0, 0.1) is 5.82 Å². The van der Waals surface area contributed by atoms with Crippen molar-refractivity contribution in [1.82, 2.24) is 24.9 Å². The van der Waals surface area contributed by atoms with Gasteiger partial charge in [0.1, 0.15) is 23.3 Å². The van der Waals surface area contributed by atoms with Gasteiger partial charge in [-0.1, -0.05) is 19.1 Å². The summed E-state index contributed by atoms with van der Waals surface area (Å²) in [5.41, 5.74) is 8.68. The molecule has 0 bridgehead atoms. The first kappa shape index (κ1) is 19.2. The number of rotatable bonds is 6. The van der Waals surface area contributed by atoms with E-state index in [1.165, 1.54) is 12.1 Å². The average molecular weight is 402 g/mol. The van der Waals surface area contributed by atoms with Gasteiger partial charge >= 0.3 is 0 Å². The Morgan fingerprint density at radius 3 is 2.40 bits per heavy atom. The van der Waals surface area contributed by atoms with Crippen molar-refractivity contribution < 1.29 is 4.39 Å². The molecule has 150 valence electrons. The molecule has 4 N–H and O–H groups in total. The first-order valence-corrected chi connectivity index (χ1v) is 9.23. The summed E-state index contributed by atoms with van der Waals surface area (Å²) in [7, 11) is 0. The lowest BCUT2D eigenvalue weighted by atomic mass is 9.92. The topological polar surface area (TPSA) is 115 Å². The van der Waals surface area contributed by atoms with E-state index in [1.54, 1.807) is 55.2 Å². The maximum absolute atomic E-state index is 13.4. The lowest BCUT2D eigenvalue weighted by molar-refractivity contribution is 0.626. The predicted octanol–water partition coefficient (Wildman–Crippen LogP) is 4.02. The Bertz CT molecular complexity index is 1120. The third kappa shape index (κ3) is 4.30. The van der Waals surface area contributed by atoms with Gasteiger partial charge in [0.15, 0.2) is 0 Å². The largest absolute Gasteiger partial charge is 0.383 e. The van der Waals surface area contributed by atoms with E-state index < -0.39 is 0 Å². The van der Waals surface area contributed by atoms with Crippen LogP contribution in [0.1, 0.15) is 24.0 Å². The number of nitrogens with zero attached hydrogens (tertiary/aromatic N) is 5. The summed E-state index contributed by atoms with van der Waals surface area (Å²) in [4.78, 5) is 21.2. The molecule has 1 atom stereocenters. The van der Waals surface area contributed by atoms with Gasteiger partial charge in [0, 0.05) is 42.3 Å². The second-order valence-corrected chi connectivity index (χ2v) is 6.54. The molecule has 0 spiro atoms. The third-order valence-corrected chi connectivity index (χ3v) is 4.52. The number of hydrogen-bond acceptors (Lipinski definition) is 8.